The Morgan fingerprint density at radius 3 is 2.83 bits per heavy atom. The van der Waals surface area contributed by atoms with Crippen LogP contribution in [0.25, 0.3) is 0 Å². The van der Waals surface area contributed by atoms with E-state index >= 15 is 0 Å². The van der Waals surface area contributed by atoms with Crippen LogP contribution in [0.15, 0.2) is 22.7 Å². The van der Waals surface area contributed by atoms with Gasteiger partial charge in [-0.3, -0.25) is 4.79 Å². The predicted octanol–water partition coefficient (Wildman–Crippen LogP) is 4.00. The Balaban J connectivity index is 2.23. The van der Waals surface area contributed by atoms with E-state index in [1.807, 2.05) is 30.0 Å². The predicted molar refractivity (Wildman–Crippen MR) is 81.3 cm³/mol. The van der Waals surface area contributed by atoms with Crippen LogP contribution in [0, 0.1) is 12.8 Å². The summed E-state index contributed by atoms with van der Waals surface area (Å²) in [6, 6.07) is 6.14. The summed E-state index contributed by atoms with van der Waals surface area (Å²) in [5, 5.41) is 0.854. The van der Waals surface area contributed by atoms with Crippen molar-refractivity contribution in [2.45, 2.75) is 26.3 Å². The van der Waals surface area contributed by atoms with E-state index in [9.17, 15) is 4.79 Å². The average molecular weight is 375 g/mol. The van der Waals surface area contributed by atoms with E-state index in [1.54, 1.807) is 0 Å². The lowest BCUT2D eigenvalue weighted by molar-refractivity contribution is 0.0738. The minimum atomic E-state index is 0.143. The zero-order valence-electron chi connectivity index (χ0n) is 10.6. The Labute approximate surface area is 125 Å². The van der Waals surface area contributed by atoms with Crippen molar-refractivity contribution in [1.82, 2.24) is 4.90 Å². The first-order valence-electron chi connectivity index (χ1n) is 6.17. The van der Waals surface area contributed by atoms with Gasteiger partial charge in [-0.2, -0.15) is 0 Å². The van der Waals surface area contributed by atoms with Crippen LogP contribution in [0.1, 0.15) is 29.3 Å². The van der Waals surface area contributed by atoms with Crippen molar-refractivity contribution in [3.8, 4) is 0 Å². The number of benzene rings is 1. The molecule has 0 saturated carbocycles. The van der Waals surface area contributed by atoms with Crippen LogP contribution < -0.4 is 0 Å². The number of carbonyl (C=O) groups is 1. The van der Waals surface area contributed by atoms with Crippen molar-refractivity contribution in [2.24, 2.45) is 5.92 Å². The summed E-state index contributed by atoms with van der Waals surface area (Å²) in [7, 11) is 0. The number of nitrogens with zero attached hydrogens (tertiary/aromatic N) is 1. The molecule has 2 nitrogen and oxygen atoms in total. The van der Waals surface area contributed by atoms with Gasteiger partial charge < -0.3 is 4.90 Å². The highest BCUT2D eigenvalue weighted by molar-refractivity contribution is 9.10. The van der Waals surface area contributed by atoms with E-state index in [0.717, 1.165) is 33.9 Å². The van der Waals surface area contributed by atoms with Gasteiger partial charge in [0, 0.05) is 28.0 Å². The highest BCUT2D eigenvalue weighted by Crippen LogP contribution is 2.28. The molecule has 1 fully saturated rings. The molecule has 1 saturated heterocycles. The molecule has 18 heavy (non-hydrogen) atoms. The quantitative estimate of drug-likeness (QED) is 0.716. The summed E-state index contributed by atoms with van der Waals surface area (Å²) < 4.78 is 0.996. The normalized spacial score (nSPS) is 23.4. The second-order valence-corrected chi connectivity index (χ2v) is 6.45. The van der Waals surface area contributed by atoms with Gasteiger partial charge in [0.15, 0.2) is 0 Å². The van der Waals surface area contributed by atoms with Crippen molar-refractivity contribution in [3.63, 3.8) is 0 Å². The number of hydrogen-bond donors (Lipinski definition) is 0. The molecule has 0 radical (unpaired) electrons. The summed E-state index contributed by atoms with van der Waals surface area (Å²) in [6.07, 6.45) is 1.09. The number of rotatable bonds is 2. The smallest absolute Gasteiger partial charge is 0.254 e. The molecule has 1 heterocycles. The van der Waals surface area contributed by atoms with Crippen LogP contribution in [0.4, 0.5) is 0 Å². The maximum Gasteiger partial charge on any atom is 0.254 e. The zero-order valence-corrected chi connectivity index (χ0v) is 13.8. The first kappa shape index (κ1) is 14.1. The number of amides is 1. The summed E-state index contributed by atoms with van der Waals surface area (Å²) in [5.74, 6) is 0.715. The molecule has 0 aromatic heterocycles. The topological polar surface area (TPSA) is 20.3 Å². The van der Waals surface area contributed by atoms with Gasteiger partial charge in [0.1, 0.15) is 0 Å². The number of likely N-dealkylation sites (tertiary alicyclic amines) is 1. The molecule has 1 amide bonds. The lowest BCUT2D eigenvalue weighted by atomic mass is 10.0. The van der Waals surface area contributed by atoms with Gasteiger partial charge in [-0.15, -0.1) is 0 Å². The van der Waals surface area contributed by atoms with Gasteiger partial charge in [0.25, 0.3) is 5.91 Å². The minimum absolute atomic E-state index is 0.143. The first-order valence-corrected chi connectivity index (χ1v) is 8.09. The maximum absolute atomic E-state index is 12.5. The fourth-order valence-corrected chi connectivity index (χ4v) is 3.75. The molecule has 4 heteroatoms. The summed E-state index contributed by atoms with van der Waals surface area (Å²) in [6.45, 7) is 5.10. The van der Waals surface area contributed by atoms with Crippen LogP contribution in [-0.2, 0) is 0 Å². The Morgan fingerprint density at radius 2 is 2.22 bits per heavy atom. The van der Waals surface area contributed by atoms with Crippen molar-refractivity contribution >= 4 is 37.8 Å². The highest BCUT2D eigenvalue weighted by atomic mass is 79.9. The maximum atomic E-state index is 12.5. The Morgan fingerprint density at radius 1 is 1.50 bits per heavy atom. The van der Waals surface area contributed by atoms with Gasteiger partial charge in [-0.1, -0.05) is 44.8 Å². The van der Waals surface area contributed by atoms with Gasteiger partial charge in [-0.25, -0.2) is 0 Å². The lowest BCUT2D eigenvalue weighted by Gasteiger charge is -2.25. The SMILES string of the molecule is Cc1ccc(C(=O)N2CCC(C)C2CBr)cc1Br. The van der Waals surface area contributed by atoms with Crippen molar-refractivity contribution in [1.29, 1.82) is 0 Å². The van der Waals surface area contributed by atoms with Gasteiger partial charge in [0.2, 0.25) is 0 Å². The third kappa shape index (κ3) is 2.64. The van der Waals surface area contributed by atoms with E-state index in [1.165, 1.54) is 0 Å². The Hall–Kier alpha value is -0.350. The highest BCUT2D eigenvalue weighted by Gasteiger charge is 2.33. The van der Waals surface area contributed by atoms with Crippen molar-refractivity contribution in [3.05, 3.63) is 33.8 Å². The molecule has 1 aromatic carbocycles. The van der Waals surface area contributed by atoms with Gasteiger partial charge in [-0.05, 0) is 37.0 Å². The molecular formula is C14H17Br2NO. The Bertz CT molecular complexity index is 461. The molecule has 2 atom stereocenters. The second-order valence-electron chi connectivity index (χ2n) is 4.95. The van der Waals surface area contributed by atoms with E-state index in [2.05, 4.69) is 38.8 Å². The van der Waals surface area contributed by atoms with Crippen LogP contribution >= 0.6 is 31.9 Å². The van der Waals surface area contributed by atoms with Gasteiger partial charge in [0.05, 0.1) is 0 Å². The van der Waals surface area contributed by atoms with Crippen molar-refractivity contribution in [2.75, 3.05) is 11.9 Å². The lowest BCUT2D eigenvalue weighted by Crippen LogP contribution is -2.38. The number of carbonyl (C=O) groups excluding carboxylic acids is 1. The fraction of sp³-hybridized carbons (Fsp3) is 0.500. The molecule has 1 aromatic rings. The largest absolute Gasteiger partial charge is 0.335 e. The average Bonchev–Trinajstić information content (AvgIpc) is 2.73. The molecule has 98 valence electrons. The third-order valence-corrected chi connectivity index (χ3v) is 5.24. The van der Waals surface area contributed by atoms with Crippen LogP contribution in [0.3, 0.4) is 0 Å². The van der Waals surface area contributed by atoms with E-state index in [0.29, 0.717) is 12.0 Å². The number of aryl methyl sites for hydroxylation is 1. The molecule has 2 unspecified atom stereocenters. The second kappa shape index (κ2) is 5.74. The minimum Gasteiger partial charge on any atom is -0.335 e. The molecule has 0 spiro atoms. The van der Waals surface area contributed by atoms with E-state index in [4.69, 9.17) is 0 Å². The first-order chi connectivity index (χ1) is 8.54. The van der Waals surface area contributed by atoms with E-state index < -0.39 is 0 Å². The number of halogens is 2. The third-order valence-electron chi connectivity index (χ3n) is 3.72. The van der Waals surface area contributed by atoms with Crippen LogP contribution in [0.2, 0.25) is 0 Å². The number of alkyl halides is 1. The fourth-order valence-electron chi connectivity index (χ4n) is 2.39. The molecule has 0 aliphatic carbocycles. The molecule has 0 bridgehead atoms. The molecule has 1 aliphatic rings. The van der Waals surface area contributed by atoms with Crippen LogP contribution in [-0.4, -0.2) is 28.7 Å². The Kier molecular flexibility index (Phi) is 4.49. The standard InChI is InChI=1S/C14H17Br2NO/c1-9-3-4-11(7-12(9)16)14(18)17-6-5-10(2)13(17)8-15/h3-4,7,10,13H,5-6,8H2,1-2H3. The number of hydrogen-bond acceptors (Lipinski definition) is 1. The van der Waals surface area contributed by atoms with E-state index in [-0.39, 0.29) is 5.91 Å². The van der Waals surface area contributed by atoms with Crippen LogP contribution in [0.5, 0.6) is 0 Å². The summed E-state index contributed by atoms with van der Waals surface area (Å²) in [4.78, 5) is 14.5. The van der Waals surface area contributed by atoms with Gasteiger partial charge >= 0.3 is 0 Å². The molecule has 0 N–H and O–H groups in total. The zero-order chi connectivity index (χ0) is 13.3. The van der Waals surface area contributed by atoms with Crippen molar-refractivity contribution < 1.29 is 4.79 Å². The molecular weight excluding hydrogens is 358 g/mol. The summed E-state index contributed by atoms with van der Waals surface area (Å²) in [5.41, 5.74) is 1.92. The summed E-state index contributed by atoms with van der Waals surface area (Å²) >= 11 is 7.01. The monoisotopic (exact) mass is 373 g/mol. The molecule has 1 aliphatic heterocycles. The molecule has 2 rings (SSSR count).